The molecule has 2 aromatic heterocycles. The van der Waals surface area contributed by atoms with Crippen LogP contribution in [0.3, 0.4) is 0 Å². The second-order valence-corrected chi connectivity index (χ2v) is 4.91. The summed E-state index contributed by atoms with van der Waals surface area (Å²) in [6.07, 6.45) is 5.79. The Balaban J connectivity index is 1.92. The predicted octanol–water partition coefficient (Wildman–Crippen LogP) is 4.37. The number of aromatic nitrogens is 1. The zero-order valence-corrected chi connectivity index (χ0v) is 10.2. The summed E-state index contributed by atoms with van der Waals surface area (Å²) in [7, 11) is 0. The second kappa shape index (κ2) is 4.18. The zero-order valence-electron chi connectivity index (χ0n) is 9.38. The topological polar surface area (TPSA) is 26.0 Å². The van der Waals surface area contributed by atoms with Crippen molar-refractivity contribution in [2.75, 3.05) is 0 Å². The van der Waals surface area contributed by atoms with E-state index in [0.29, 0.717) is 0 Å². The Morgan fingerprint density at radius 1 is 1.24 bits per heavy atom. The molecule has 3 heteroatoms. The van der Waals surface area contributed by atoms with E-state index in [9.17, 15) is 0 Å². The minimum atomic E-state index is 0.925. The number of benzene rings is 1. The summed E-state index contributed by atoms with van der Waals surface area (Å²) >= 11 is 1.69. The Hall–Kier alpha value is -1.87. The monoisotopic (exact) mass is 241 g/mol. The number of hydrogen-bond acceptors (Lipinski definition) is 3. The molecule has 0 aliphatic rings. The fourth-order valence-electron chi connectivity index (χ4n) is 1.68. The molecule has 0 fully saturated rings. The van der Waals surface area contributed by atoms with Gasteiger partial charge in [0.2, 0.25) is 0 Å². The van der Waals surface area contributed by atoms with Crippen molar-refractivity contribution >= 4 is 33.7 Å². The van der Waals surface area contributed by atoms with Gasteiger partial charge in [0.25, 0.3) is 0 Å². The van der Waals surface area contributed by atoms with Crippen molar-refractivity contribution in [3.05, 3.63) is 52.9 Å². The average Bonchev–Trinajstić information content (AvgIpc) is 2.91. The van der Waals surface area contributed by atoms with Crippen LogP contribution in [0.2, 0.25) is 0 Å². The van der Waals surface area contributed by atoms with E-state index < -0.39 is 0 Å². The fraction of sp³-hybridized carbons (Fsp3) is 0.0714. The highest BCUT2D eigenvalue weighted by Crippen LogP contribution is 2.23. The average molecular weight is 241 g/mol. The Morgan fingerprint density at radius 2 is 2.12 bits per heavy atom. The van der Waals surface area contributed by atoms with Crippen LogP contribution in [0.25, 0.3) is 22.4 Å². The predicted molar refractivity (Wildman–Crippen MR) is 72.0 cm³/mol. The molecule has 0 amide bonds. The third-order valence-electron chi connectivity index (χ3n) is 2.48. The minimum absolute atomic E-state index is 0.925. The van der Waals surface area contributed by atoms with Gasteiger partial charge in [-0.3, -0.25) is 0 Å². The van der Waals surface area contributed by atoms with Crippen LogP contribution in [0.15, 0.2) is 41.0 Å². The molecule has 3 rings (SSSR count). The summed E-state index contributed by atoms with van der Waals surface area (Å²) < 4.78 is 6.46. The molecule has 2 nitrogen and oxygen atoms in total. The molecule has 0 saturated carbocycles. The summed E-state index contributed by atoms with van der Waals surface area (Å²) in [6.45, 7) is 1.94. The van der Waals surface area contributed by atoms with E-state index in [1.54, 1.807) is 17.6 Å². The van der Waals surface area contributed by atoms with E-state index in [2.05, 4.69) is 11.1 Å². The number of nitrogens with zero attached hydrogens (tertiary/aromatic N) is 1. The molecule has 1 aromatic carbocycles. The Labute approximate surface area is 103 Å². The number of para-hydroxylation sites is 1. The van der Waals surface area contributed by atoms with Crippen molar-refractivity contribution in [2.45, 2.75) is 6.92 Å². The molecule has 2 heterocycles. The maximum atomic E-state index is 5.24. The van der Waals surface area contributed by atoms with Crippen LogP contribution in [0.4, 0.5) is 0 Å². The Morgan fingerprint density at radius 3 is 2.88 bits per heavy atom. The van der Waals surface area contributed by atoms with E-state index in [1.165, 1.54) is 4.70 Å². The molecule has 0 aliphatic heterocycles. The van der Waals surface area contributed by atoms with Gasteiger partial charge in [0.1, 0.15) is 10.8 Å². The van der Waals surface area contributed by atoms with Crippen molar-refractivity contribution in [1.29, 1.82) is 0 Å². The largest absolute Gasteiger partial charge is 0.469 e. The smallest absolute Gasteiger partial charge is 0.117 e. The zero-order chi connectivity index (χ0) is 11.7. The Kier molecular flexibility index (Phi) is 2.53. The van der Waals surface area contributed by atoms with E-state index >= 15 is 0 Å². The number of aryl methyl sites for hydroxylation is 1. The number of fused-ring (bicyclic) bond motifs is 1. The first-order valence-corrected chi connectivity index (χ1v) is 6.22. The van der Waals surface area contributed by atoms with Crippen molar-refractivity contribution in [1.82, 2.24) is 4.98 Å². The van der Waals surface area contributed by atoms with Gasteiger partial charge >= 0.3 is 0 Å². The van der Waals surface area contributed by atoms with Crippen LogP contribution in [-0.4, -0.2) is 4.98 Å². The quantitative estimate of drug-likeness (QED) is 0.666. The molecule has 0 unspecified atom stereocenters. The SMILES string of the molecule is Cc1cc(/C=C/c2nc3ccccc3s2)co1. The van der Waals surface area contributed by atoms with E-state index in [4.69, 9.17) is 4.42 Å². The molecule has 0 radical (unpaired) electrons. The number of hydrogen-bond donors (Lipinski definition) is 0. The number of rotatable bonds is 2. The Bertz CT molecular complexity index is 645. The van der Waals surface area contributed by atoms with Gasteiger partial charge in [0, 0.05) is 5.56 Å². The fourth-order valence-corrected chi connectivity index (χ4v) is 2.55. The van der Waals surface area contributed by atoms with Crippen molar-refractivity contribution in [2.24, 2.45) is 0 Å². The molecular formula is C14H11NOS. The number of thiazole rings is 1. The third-order valence-corrected chi connectivity index (χ3v) is 3.48. The molecule has 0 spiro atoms. The van der Waals surface area contributed by atoms with Gasteiger partial charge in [0.15, 0.2) is 0 Å². The molecule has 0 N–H and O–H groups in total. The van der Waals surface area contributed by atoms with Crippen LogP contribution in [-0.2, 0) is 0 Å². The highest BCUT2D eigenvalue weighted by molar-refractivity contribution is 7.19. The third kappa shape index (κ3) is 2.15. The van der Waals surface area contributed by atoms with Gasteiger partial charge in [-0.05, 0) is 37.3 Å². The van der Waals surface area contributed by atoms with Crippen LogP contribution in [0, 0.1) is 6.92 Å². The van der Waals surface area contributed by atoms with Crippen LogP contribution in [0.5, 0.6) is 0 Å². The lowest BCUT2D eigenvalue weighted by atomic mass is 10.3. The highest BCUT2D eigenvalue weighted by atomic mass is 32.1. The van der Waals surface area contributed by atoms with Gasteiger partial charge < -0.3 is 4.42 Å². The summed E-state index contributed by atoms with van der Waals surface area (Å²) in [6, 6.07) is 10.2. The van der Waals surface area contributed by atoms with Gasteiger partial charge in [0.05, 0.1) is 16.5 Å². The molecule has 3 aromatic rings. The van der Waals surface area contributed by atoms with Crippen LogP contribution >= 0.6 is 11.3 Å². The van der Waals surface area contributed by atoms with E-state index in [0.717, 1.165) is 21.8 Å². The van der Waals surface area contributed by atoms with Gasteiger partial charge in [-0.1, -0.05) is 12.1 Å². The molecule has 0 aliphatic carbocycles. The first kappa shape index (κ1) is 10.3. The van der Waals surface area contributed by atoms with Crippen molar-refractivity contribution < 1.29 is 4.42 Å². The lowest BCUT2D eigenvalue weighted by molar-refractivity contribution is 0.534. The normalized spacial score (nSPS) is 11.6. The number of furan rings is 1. The summed E-state index contributed by atoms with van der Waals surface area (Å²) in [5, 5.41) is 1.02. The van der Waals surface area contributed by atoms with Crippen molar-refractivity contribution in [3.63, 3.8) is 0 Å². The molecule has 84 valence electrons. The lowest BCUT2D eigenvalue weighted by Crippen LogP contribution is -1.68. The van der Waals surface area contributed by atoms with Crippen molar-refractivity contribution in [3.8, 4) is 0 Å². The van der Waals surface area contributed by atoms with Crippen LogP contribution in [0.1, 0.15) is 16.3 Å². The summed E-state index contributed by atoms with van der Waals surface area (Å²) in [4.78, 5) is 4.54. The van der Waals surface area contributed by atoms with Gasteiger partial charge in [-0.25, -0.2) is 4.98 Å². The molecule has 0 bridgehead atoms. The van der Waals surface area contributed by atoms with E-state index in [1.807, 2.05) is 43.3 Å². The minimum Gasteiger partial charge on any atom is -0.469 e. The first-order chi connectivity index (χ1) is 8.31. The molecule has 17 heavy (non-hydrogen) atoms. The first-order valence-electron chi connectivity index (χ1n) is 5.40. The van der Waals surface area contributed by atoms with Crippen LogP contribution < -0.4 is 0 Å². The molecule has 0 saturated heterocycles. The van der Waals surface area contributed by atoms with E-state index in [-0.39, 0.29) is 0 Å². The second-order valence-electron chi connectivity index (χ2n) is 3.84. The molecular weight excluding hydrogens is 230 g/mol. The molecule has 0 atom stereocenters. The lowest BCUT2D eigenvalue weighted by Gasteiger charge is -1.81. The van der Waals surface area contributed by atoms with Gasteiger partial charge in [-0.15, -0.1) is 11.3 Å². The summed E-state index contributed by atoms with van der Waals surface area (Å²) in [5.74, 6) is 0.925. The maximum absolute atomic E-state index is 5.24. The maximum Gasteiger partial charge on any atom is 0.117 e. The highest BCUT2D eigenvalue weighted by Gasteiger charge is 1.99. The summed E-state index contributed by atoms with van der Waals surface area (Å²) in [5.41, 5.74) is 2.13. The standard InChI is InChI=1S/C14H11NOS/c1-10-8-11(9-16-10)6-7-14-15-12-4-2-3-5-13(12)17-14/h2-9H,1H3/b7-6+. The van der Waals surface area contributed by atoms with Gasteiger partial charge in [-0.2, -0.15) is 0 Å².